The van der Waals surface area contributed by atoms with Gasteiger partial charge in [-0.2, -0.15) is 5.10 Å². The second-order valence-corrected chi connectivity index (χ2v) is 8.46. The molecule has 12 heteroatoms. The summed E-state index contributed by atoms with van der Waals surface area (Å²) in [4.78, 5) is 20.4. The van der Waals surface area contributed by atoms with Gasteiger partial charge in [-0.25, -0.2) is 0 Å². The summed E-state index contributed by atoms with van der Waals surface area (Å²) >= 11 is 6.24. The number of nitro benzene ring substituents is 2. The predicted octanol–water partition coefficient (Wildman–Crippen LogP) is 4.00. The smallest absolute Gasteiger partial charge is 0.258 e. The molecule has 24 heavy (non-hydrogen) atoms. The molecule has 8 nitrogen and oxygen atoms in total. The van der Waals surface area contributed by atoms with Crippen LogP contribution in [-0.4, -0.2) is 28.6 Å². The van der Waals surface area contributed by atoms with Crippen molar-refractivity contribution in [2.24, 2.45) is 10.2 Å². The zero-order valence-corrected chi connectivity index (χ0v) is 15.6. The molecule has 0 saturated heterocycles. The van der Waals surface area contributed by atoms with E-state index in [-0.39, 0.29) is 16.9 Å². The first-order valence-electron chi connectivity index (χ1n) is 6.18. The third-order valence-corrected chi connectivity index (χ3v) is 7.61. The highest BCUT2D eigenvalue weighted by atomic mass is 32.2. The zero-order chi connectivity index (χ0) is 17.7. The lowest BCUT2D eigenvalue weighted by Crippen LogP contribution is -1.97. The highest BCUT2D eigenvalue weighted by Crippen LogP contribution is 2.33. The van der Waals surface area contributed by atoms with E-state index in [2.05, 4.69) is 10.2 Å². The molecule has 0 fully saturated rings. The second-order valence-electron chi connectivity index (χ2n) is 4.06. The molecule has 1 heterocycles. The Balaban J connectivity index is 2.35. The van der Waals surface area contributed by atoms with Gasteiger partial charge in [-0.05, 0) is 18.6 Å². The fourth-order valence-corrected chi connectivity index (χ4v) is 6.22. The van der Waals surface area contributed by atoms with Crippen molar-refractivity contribution < 1.29 is 9.85 Å². The maximum absolute atomic E-state index is 11.0. The minimum Gasteiger partial charge on any atom is -0.258 e. The summed E-state index contributed by atoms with van der Waals surface area (Å²) < 4.78 is 3.01. The topological polar surface area (TPSA) is 111 Å². The number of nitrogens with zero attached hydrogens (tertiary/aromatic N) is 4. The fraction of sp³-hybridized carbons (Fsp3) is 0.167. The number of nitro groups is 2. The maximum Gasteiger partial charge on any atom is 0.285 e. The third-order valence-electron chi connectivity index (χ3n) is 2.66. The first-order chi connectivity index (χ1) is 11.5. The molecule has 0 bridgehead atoms. The number of thioether (sulfide) groups is 2. The van der Waals surface area contributed by atoms with Gasteiger partial charge in [-0.1, -0.05) is 22.7 Å². The monoisotopic (exact) mass is 402 g/mol. The number of benzene rings is 1. The summed E-state index contributed by atoms with van der Waals surface area (Å²) in [6, 6.07) is 3.39. The molecule has 0 N–H and O–H groups in total. The van der Waals surface area contributed by atoms with E-state index in [1.807, 2.05) is 12.5 Å². The van der Waals surface area contributed by atoms with Gasteiger partial charge in [-0.3, -0.25) is 20.2 Å². The Morgan fingerprint density at radius 1 is 1.08 bits per heavy atom. The van der Waals surface area contributed by atoms with E-state index < -0.39 is 9.85 Å². The van der Waals surface area contributed by atoms with Crippen molar-refractivity contribution in [2.45, 2.75) is 8.42 Å². The first-order valence-corrected chi connectivity index (χ1v) is 10.3. The van der Waals surface area contributed by atoms with Crippen molar-refractivity contribution in [3.8, 4) is 0 Å². The molecule has 126 valence electrons. The van der Waals surface area contributed by atoms with E-state index in [1.54, 1.807) is 23.5 Å². The van der Waals surface area contributed by atoms with Crippen LogP contribution < -0.4 is 3.98 Å². The lowest BCUT2D eigenvalue weighted by molar-refractivity contribution is -0.394. The minimum atomic E-state index is -0.681. The van der Waals surface area contributed by atoms with Crippen LogP contribution in [0.15, 0.2) is 36.8 Å². The van der Waals surface area contributed by atoms with E-state index in [0.29, 0.717) is 0 Å². The van der Waals surface area contributed by atoms with Crippen LogP contribution >= 0.6 is 46.2 Å². The van der Waals surface area contributed by atoms with Gasteiger partial charge >= 0.3 is 0 Å². The molecule has 0 radical (unpaired) electrons. The van der Waals surface area contributed by atoms with Gasteiger partial charge in [0.15, 0.2) is 3.98 Å². The molecule has 2 rings (SSSR count). The largest absolute Gasteiger partial charge is 0.285 e. The van der Waals surface area contributed by atoms with Gasteiger partial charge in [0.2, 0.25) is 0 Å². The van der Waals surface area contributed by atoms with Gasteiger partial charge in [0.25, 0.3) is 11.4 Å². The second kappa shape index (κ2) is 8.37. The van der Waals surface area contributed by atoms with Crippen LogP contribution in [0.4, 0.5) is 11.4 Å². The quantitative estimate of drug-likeness (QED) is 0.312. The fourth-order valence-electron chi connectivity index (χ4n) is 1.60. The molecule has 2 aromatic rings. The molecule has 0 aliphatic carbocycles. The van der Waals surface area contributed by atoms with Crippen LogP contribution in [0.1, 0.15) is 5.56 Å². The molecule has 0 aliphatic heterocycles. The Labute approximate surface area is 152 Å². The lowest BCUT2D eigenvalue weighted by Gasteiger charge is -1.96. The van der Waals surface area contributed by atoms with Crippen LogP contribution in [-0.2, 0) is 0 Å². The average Bonchev–Trinajstić information content (AvgIpc) is 2.97. The summed E-state index contributed by atoms with van der Waals surface area (Å²) in [5.74, 6) is 0. The summed E-state index contributed by atoms with van der Waals surface area (Å²) in [6.07, 6.45) is 5.18. The molecule has 1 aromatic carbocycles. The van der Waals surface area contributed by atoms with Gasteiger partial charge < -0.3 is 0 Å². The number of non-ortho nitro benzene ring substituents is 1. The van der Waals surface area contributed by atoms with Gasteiger partial charge in [0.05, 0.1) is 36.1 Å². The van der Waals surface area contributed by atoms with Crippen molar-refractivity contribution in [1.29, 1.82) is 0 Å². The molecule has 0 spiro atoms. The molecule has 0 unspecified atom stereocenters. The van der Waals surface area contributed by atoms with Gasteiger partial charge in [0.1, 0.15) is 0 Å². The molecular weight excluding hydrogens is 392 g/mol. The van der Waals surface area contributed by atoms with Crippen molar-refractivity contribution in [3.63, 3.8) is 0 Å². The van der Waals surface area contributed by atoms with Gasteiger partial charge in [-0.15, -0.1) is 28.6 Å². The summed E-state index contributed by atoms with van der Waals surface area (Å²) in [5, 5.41) is 29.7. The summed E-state index contributed by atoms with van der Waals surface area (Å²) in [6.45, 7) is 0. The molecule has 0 aliphatic rings. The van der Waals surface area contributed by atoms with E-state index in [4.69, 9.17) is 0 Å². The van der Waals surface area contributed by atoms with Crippen molar-refractivity contribution in [1.82, 2.24) is 0 Å². The standard InChI is InChI=1S/C12H10N4O4S4/c1-21-10-11(22-2)24-12(23-10)14-13-6-7-3-4-8(15(17)18)5-9(7)16(19)20/h3-6H,1-2H3/b13-6+. The predicted molar refractivity (Wildman–Crippen MR) is 98.7 cm³/mol. The van der Waals surface area contributed by atoms with Crippen LogP contribution in [0.2, 0.25) is 0 Å². The summed E-state index contributed by atoms with van der Waals surface area (Å²) in [5.41, 5.74) is -0.566. The number of hydrogen-bond donors (Lipinski definition) is 0. The zero-order valence-electron chi connectivity index (χ0n) is 12.4. The van der Waals surface area contributed by atoms with Crippen molar-refractivity contribution in [3.05, 3.63) is 48.0 Å². The van der Waals surface area contributed by atoms with Crippen molar-refractivity contribution >= 4 is 63.8 Å². The molecule has 0 amide bonds. The number of hydrogen-bond acceptors (Lipinski definition) is 10. The van der Waals surface area contributed by atoms with E-state index >= 15 is 0 Å². The van der Waals surface area contributed by atoms with Crippen LogP contribution in [0.25, 0.3) is 0 Å². The van der Waals surface area contributed by atoms with E-state index in [1.165, 1.54) is 41.0 Å². The van der Waals surface area contributed by atoms with E-state index in [9.17, 15) is 20.2 Å². The highest BCUT2D eigenvalue weighted by molar-refractivity contribution is 8.04. The van der Waals surface area contributed by atoms with Crippen LogP contribution in [0, 0.1) is 20.2 Å². The normalized spacial score (nSPS) is 10.9. The molecule has 0 saturated carbocycles. The van der Waals surface area contributed by atoms with Gasteiger partial charge in [0, 0.05) is 6.07 Å². The number of rotatable bonds is 6. The first kappa shape index (κ1) is 18.6. The third kappa shape index (κ3) is 4.41. The Morgan fingerprint density at radius 2 is 1.71 bits per heavy atom. The lowest BCUT2D eigenvalue weighted by atomic mass is 10.2. The Kier molecular flexibility index (Phi) is 6.48. The van der Waals surface area contributed by atoms with Crippen LogP contribution in [0.3, 0.4) is 0 Å². The molecular formula is C12H10N4O4S4. The Bertz CT molecular complexity index is 850. The highest BCUT2D eigenvalue weighted by Gasteiger charge is 2.18. The van der Waals surface area contributed by atoms with Crippen LogP contribution in [0.5, 0.6) is 0 Å². The van der Waals surface area contributed by atoms with Crippen molar-refractivity contribution in [2.75, 3.05) is 12.5 Å². The molecule has 0 atom stereocenters. The SMILES string of the molecule is CSc1sc(=N/N=C/c2ccc([N+](=O)[O-])cc2[N+](=O)[O-])sc1SC. The summed E-state index contributed by atoms with van der Waals surface area (Å²) in [7, 11) is 0. The Morgan fingerprint density at radius 3 is 2.21 bits per heavy atom. The van der Waals surface area contributed by atoms with E-state index in [0.717, 1.165) is 18.5 Å². The maximum atomic E-state index is 11.0. The minimum absolute atomic E-state index is 0.158. The average molecular weight is 403 g/mol. The Hall–Kier alpha value is -1.76. The molecule has 1 aromatic heterocycles.